The Morgan fingerprint density at radius 2 is 2.15 bits per heavy atom. The fourth-order valence-corrected chi connectivity index (χ4v) is 2.95. The Kier molecular flexibility index (Phi) is 5.82. The number of nitrogens with zero attached hydrogens (tertiary/aromatic N) is 1. The molecule has 1 aliphatic heterocycles. The van der Waals surface area contributed by atoms with Crippen molar-refractivity contribution in [1.82, 2.24) is 10.2 Å². The molecule has 0 radical (unpaired) electrons. The highest BCUT2D eigenvalue weighted by Crippen LogP contribution is 2.17. The smallest absolute Gasteiger partial charge is 0.141 e. The van der Waals surface area contributed by atoms with Crippen LogP contribution in [0.5, 0.6) is 0 Å². The Morgan fingerprint density at radius 3 is 2.85 bits per heavy atom. The lowest BCUT2D eigenvalue weighted by atomic mass is 10.1. The van der Waals surface area contributed by atoms with Gasteiger partial charge in [0.05, 0.1) is 5.02 Å². The van der Waals surface area contributed by atoms with Crippen LogP contribution in [0.25, 0.3) is 0 Å². The van der Waals surface area contributed by atoms with E-state index in [1.54, 1.807) is 12.1 Å². The summed E-state index contributed by atoms with van der Waals surface area (Å²) >= 11 is 5.81. The van der Waals surface area contributed by atoms with Gasteiger partial charge in [-0.25, -0.2) is 4.39 Å². The third-order valence-corrected chi connectivity index (χ3v) is 4.36. The number of benzene rings is 1. The third kappa shape index (κ3) is 4.44. The maximum absolute atomic E-state index is 13.1. The minimum Gasteiger partial charge on any atom is -0.310 e. The van der Waals surface area contributed by atoms with Crippen molar-refractivity contribution in [3.05, 3.63) is 34.6 Å². The number of rotatable bonds is 4. The first kappa shape index (κ1) is 15.7. The van der Waals surface area contributed by atoms with E-state index < -0.39 is 0 Å². The molecule has 0 spiro atoms. The molecule has 0 aromatic heterocycles. The summed E-state index contributed by atoms with van der Waals surface area (Å²) in [6.07, 6.45) is 3.62. The number of nitrogens with one attached hydrogen (secondary N) is 1. The van der Waals surface area contributed by atoms with Gasteiger partial charge in [0.15, 0.2) is 0 Å². The van der Waals surface area contributed by atoms with E-state index >= 15 is 0 Å². The van der Waals surface area contributed by atoms with Crippen LogP contribution >= 0.6 is 11.6 Å². The summed E-state index contributed by atoms with van der Waals surface area (Å²) in [7, 11) is 0. The van der Waals surface area contributed by atoms with Crippen LogP contribution in [0.3, 0.4) is 0 Å². The van der Waals surface area contributed by atoms with Crippen molar-refractivity contribution in [3.63, 3.8) is 0 Å². The maximum Gasteiger partial charge on any atom is 0.141 e. The molecule has 0 bridgehead atoms. The predicted molar refractivity (Wildman–Crippen MR) is 82.6 cm³/mol. The molecule has 1 heterocycles. The van der Waals surface area contributed by atoms with E-state index in [0.717, 1.165) is 18.7 Å². The molecule has 2 nitrogen and oxygen atoms in total. The van der Waals surface area contributed by atoms with Crippen LogP contribution in [0.1, 0.15) is 38.7 Å². The van der Waals surface area contributed by atoms with Crippen LogP contribution in [-0.2, 0) is 6.54 Å². The maximum atomic E-state index is 13.1. The summed E-state index contributed by atoms with van der Waals surface area (Å²) in [4.78, 5) is 2.54. The van der Waals surface area contributed by atoms with Crippen molar-refractivity contribution in [2.75, 3.05) is 13.1 Å². The summed E-state index contributed by atoms with van der Waals surface area (Å²) in [6, 6.07) is 6.12. The van der Waals surface area contributed by atoms with Crippen molar-refractivity contribution < 1.29 is 4.39 Å². The zero-order valence-electron chi connectivity index (χ0n) is 12.3. The highest BCUT2D eigenvalue weighted by Gasteiger charge is 2.18. The van der Waals surface area contributed by atoms with E-state index in [4.69, 9.17) is 11.6 Å². The standard InChI is InChI=1S/C16H24ClFN2/c1-12(2)20-8-3-4-14(7-9-20)19-11-13-5-6-16(18)15(17)10-13/h5-6,10,12,14,19H,3-4,7-9,11H2,1-2H3. The monoisotopic (exact) mass is 298 g/mol. The molecule has 0 amide bonds. The molecule has 1 aromatic carbocycles. The molecule has 2 rings (SSSR count). The van der Waals surface area contributed by atoms with Crippen molar-refractivity contribution >= 4 is 11.6 Å². The quantitative estimate of drug-likeness (QED) is 0.909. The summed E-state index contributed by atoms with van der Waals surface area (Å²) < 4.78 is 13.1. The molecule has 1 atom stereocenters. The van der Waals surface area contributed by atoms with E-state index in [1.165, 1.54) is 31.9 Å². The normalized spacial score (nSPS) is 21.1. The second kappa shape index (κ2) is 7.39. The molecule has 1 unspecified atom stereocenters. The summed E-state index contributed by atoms with van der Waals surface area (Å²) in [5.41, 5.74) is 1.04. The zero-order valence-corrected chi connectivity index (χ0v) is 13.1. The van der Waals surface area contributed by atoms with Gasteiger partial charge in [0.1, 0.15) is 5.82 Å². The van der Waals surface area contributed by atoms with Gasteiger partial charge in [0.25, 0.3) is 0 Å². The highest BCUT2D eigenvalue weighted by atomic mass is 35.5. The third-order valence-electron chi connectivity index (χ3n) is 4.07. The van der Waals surface area contributed by atoms with Gasteiger partial charge in [0, 0.05) is 18.6 Å². The van der Waals surface area contributed by atoms with Crippen LogP contribution < -0.4 is 5.32 Å². The molecule has 1 N–H and O–H groups in total. The first-order valence-corrected chi connectivity index (χ1v) is 7.85. The largest absolute Gasteiger partial charge is 0.310 e. The van der Waals surface area contributed by atoms with Crippen LogP contribution in [0.2, 0.25) is 5.02 Å². The Hall–Kier alpha value is -0.640. The van der Waals surface area contributed by atoms with Gasteiger partial charge >= 0.3 is 0 Å². The average Bonchev–Trinajstić information content (AvgIpc) is 2.66. The second-order valence-electron chi connectivity index (χ2n) is 5.89. The van der Waals surface area contributed by atoms with Gasteiger partial charge in [-0.15, -0.1) is 0 Å². The Bertz CT molecular complexity index is 436. The highest BCUT2D eigenvalue weighted by molar-refractivity contribution is 6.30. The summed E-state index contributed by atoms with van der Waals surface area (Å²) in [6.45, 7) is 7.62. The molecule has 4 heteroatoms. The topological polar surface area (TPSA) is 15.3 Å². The van der Waals surface area contributed by atoms with Crippen LogP contribution in [0, 0.1) is 5.82 Å². The molecule has 0 saturated carbocycles. The SMILES string of the molecule is CC(C)N1CCCC(NCc2ccc(F)c(Cl)c2)CC1. The second-order valence-corrected chi connectivity index (χ2v) is 6.29. The first-order valence-electron chi connectivity index (χ1n) is 7.47. The van der Waals surface area contributed by atoms with E-state index in [-0.39, 0.29) is 10.8 Å². The average molecular weight is 299 g/mol. The lowest BCUT2D eigenvalue weighted by Crippen LogP contribution is -2.33. The lowest BCUT2D eigenvalue weighted by molar-refractivity contribution is 0.229. The van der Waals surface area contributed by atoms with Crippen molar-refractivity contribution in [2.45, 2.75) is 51.7 Å². The molecule has 112 valence electrons. The van der Waals surface area contributed by atoms with E-state index in [1.807, 2.05) is 0 Å². The van der Waals surface area contributed by atoms with Gasteiger partial charge in [0.2, 0.25) is 0 Å². The van der Waals surface area contributed by atoms with Crippen LogP contribution in [0.4, 0.5) is 4.39 Å². The number of hydrogen-bond donors (Lipinski definition) is 1. The van der Waals surface area contributed by atoms with Gasteiger partial charge < -0.3 is 10.2 Å². The van der Waals surface area contributed by atoms with Gasteiger partial charge in [-0.3, -0.25) is 0 Å². The van der Waals surface area contributed by atoms with Gasteiger partial charge in [-0.05, 0) is 63.9 Å². The predicted octanol–water partition coefficient (Wildman–Crippen LogP) is 3.83. The van der Waals surface area contributed by atoms with E-state index in [2.05, 4.69) is 24.1 Å². The number of halogens is 2. The van der Waals surface area contributed by atoms with E-state index in [0.29, 0.717) is 12.1 Å². The minimum atomic E-state index is -0.350. The molecule has 0 aliphatic carbocycles. The summed E-state index contributed by atoms with van der Waals surface area (Å²) in [5, 5.41) is 3.78. The first-order chi connectivity index (χ1) is 9.56. The molecule has 1 fully saturated rings. The summed E-state index contributed by atoms with van der Waals surface area (Å²) in [5.74, 6) is -0.350. The molecule has 1 aromatic rings. The fraction of sp³-hybridized carbons (Fsp3) is 0.625. The fourth-order valence-electron chi connectivity index (χ4n) is 2.75. The van der Waals surface area contributed by atoms with Gasteiger partial charge in [-0.2, -0.15) is 0 Å². The molecular weight excluding hydrogens is 275 g/mol. The molecular formula is C16H24ClFN2. The molecule has 20 heavy (non-hydrogen) atoms. The lowest BCUT2D eigenvalue weighted by Gasteiger charge is -2.24. The van der Waals surface area contributed by atoms with Gasteiger partial charge in [-0.1, -0.05) is 17.7 Å². The Labute approximate surface area is 126 Å². The minimum absolute atomic E-state index is 0.205. The number of likely N-dealkylation sites (tertiary alicyclic amines) is 1. The molecule has 1 aliphatic rings. The Balaban J connectivity index is 1.83. The van der Waals surface area contributed by atoms with E-state index in [9.17, 15) is 4.39 Å². The van der Waals surface area contributed by atoms with Crippen molar-refractivity contribution in [2.24, 2.45) is 0 Å². The molecule has 1 saturated heterocycles. The van der Waals surface area contributed by atoms with Crippen LogP contribution in [0.15, 0.2) is 18.2 Å². The van der Waals surface area contributed by atoms with Crippen molar-refractivity contribution in [3.8, 4) is 0 Å². The van der Waals surface area contributed by atoms with Crippen LogP contribution in [-0.4, -0.2) is 30.1 Å². The number of hydrogen-bond acceptors (Lipinski definition) is 2. The zero-order chi connectivity index (χ0) is 14.5. The van der Waals surface area contributed by atoms with Crippen molar-refractivity contribution in [1.29, 1.82) is 0 Å². The Morgan fingerprint density at radius 1 is 1.35 bits per heavy atom.